The van der Waals surface area contributed by atoms with Crippen LogP contribution in [0.3, 0.4) is 0 Å². The summed E-state index contributed by atoms with van der Waals surface area (Å²) in [5, 5.41) is 10.8. The Morgan fingerprint density at radius 2 is 1.94 bits per heavy atom. The third-order valence-corrected chi connectivity index (χ3v) is 7.16. The molecule has 9 heteroatoms. The van der Waals surface area contributed by atoms with Crippen molar-refractivity contribution >= 4 is 52.2 Å². The molecule has 1 unspecified atom stereocenters. The zero-order valence-corrected chi connectivity index (χ0v) is 22.5. The average molecular weight is 538 g/mol. The summed E-state index contributed by atoms with van der Waals surface area (Å²) in [5.41, 5.74) is 0.647. The van der Waals surface area contributed by atoms with Crippen LogP contribution in [0, 0.1) is 23.2 Å². The smallest absolute Gasteiger partial charge is 0.348 e. The van der Waals surface area contributed by atoms with Crippen LogP contribution >= 0.6 is 34.5 Å². The molecule has 0 aliphatic carbocycles. The molecule has 188 valence electrons. The van der Waals surface area contributed by atoms with Crippen molar-refractivity contribution in [3.63, 3.8) is 0 Å². The van der Waals surface area contributed by atoms with Gasteiger partial charge in [-0.2, -0.15) is 0 Å². The molecular formula is C26H29Cl2NO5S. The van der Waals surface area contributed by atoms with Gasteiger partial charge < -0.3 is 19.5 Å². The van der Waals surface area contributed by atoms with E-state index in [0.29, 0.717) is 45.9 Å². The molecule has 0 saturated carbocycles. The molecular weight excluding hydrogens is 509 g/mol. The van der Waals surface area contributed by atoms with Gasteiger partial charge in [-0.15, -0.1) is 11.3 Å². The summed E-state index contributed by atoms with van der Waals surface area (Å²) in [5.74, 6) is 4.80. The quantitative estimate of drug-likeness (QED) is 0.330. The number of thiophene rings is 1. The number of carboxylic acids is 1. The lowest BCUT2D eigenvalue weighted by Gasteiger charge is -2.36. The Morgan fingerprint density at radius 3 is 2.51 bits per heavy atom. The van der Waals surface area contributed by atoms with Gasteiger partial charge in [0, 0.05) is 40.8 Å². The zero-order chi connectivity index (χ0) is 25.8. The lowest BCUT2D eigenvalue weighted by Crippen LogP contribution is -2.40. The Labute approximate surface area is 220 Å². The molecule has 0 bridgehead atoms. The second kappa shape index (κ2) is 11.7. The Hall–Kier alpha value is -2.24. The maximum Gasteiger partial charge on any atom is 0.348 e. The van der Waals surface area contributed by atoms with Crippen LogP contribution in [0.5, 0.6) is 0 Å². The van der Waals surface area contributed by atoms with Crippen LogP contribution in [-0.4, -0.2) is 43.9 Å². The fourth-order valence-corrected chi connectivity index (χ4v) is 5.24. The molecule has 1 fully saturated rings. The minimum atomic E-state index is -1.09. The van der Waals surface area contributed by atoms with Crippen molar-refractivity contribution in [2.45, 2.75) is 39.7 Å². The minimum absolute atomic E-state index is 0.106. The van der Waals surface area contributed by atoms with Crippen molar-refractivity contribution in [3.8, 4) is 11.8 Å². The summed E-state index contributed by atoms with van der Waals surface area (Å²) < 4.78 is 10.7. The molecule has 6 nitrogen and oxygen atoms in total. The average Bonchev–Trinajstić information content (AvgIpc) is 3.23. The number of hydrogen-bond acceptors (Lipinski definition) is 6. The first kappa shape index (κ1) is 27.3. The number of carbonyl (C=O) groups excluding carboxylic acids is 1. The first-order chi connectivity index (χ1) is 16.5. The summed E-state index contributed by atoms with van der Waals surface area (Å²) in [6.45, 7) is 7.60. The van der Waals surface area contributed by atoms with Crippen molar-refractivity contribution in [1.29, 1.82) is 0 Å². The summed E-state index contributed by atoms with van der Waals surface area (Å²) in [6.07, 6.45) is 1.59. The number of ether oxygens (including phenoxy) is 2. The van der Waals surface area contributed by atoms with E-state index in [9.17, 15) is 14.7 Å². The highest BCUT2D eigenvalue weighted by atomic mass is 35.5. The van der Waals surface area contributed by atoms with Gasteiger partial charge in [-0.3, -0.25) is 0 Å². The maximum atomic E-state index is 13.2. The predicted molar refractivity (Wildman–Crippen MR) is 140 cm³/mol. The van der Waals surface area contributed by atoms with Gasteiger partial charge in [0.1, 0.15) is 4.88 Å². The summed E-state index contributed by atoms with van der Waals surface area (Å²) in [4.78, 5) is 28.0. The number of halogens is 2. The molecule has 1 N–H and O–H groups in total. The highest BCUT2D eigenvalue weighted by molar-refractivity contribution is 7.15. The number of anilines is 1. The van der Waals surface area contributed by atoms with Gasteiger partial charge in [0.15, 0.2) is 6.04 Å². The number of methoxy groups -OCH3 is 1. The molecule has 1 aliphatic rings. The van der Waals surface area contributed by atoms with Crippen LogP contribution in [0.15, 0.2) is 24.3 Å². The van der Waals surface area contributed by atoms with E-state index in [2.05, 4.69) is 11.8 Å². The SMILES string of the molecule is COC(=O)C(c1ccc(Cl)cc1Cl)N(CC1CCOCC1)c1cc(C#CC(C)(C)C)sc1C(=O)O. The molecule has 1 aromatic heterocycles. The molecule has 1 aliphatic heterocycles. The number of nitrogens with zero attached hydrogens (tertiary/aromatic N) is 1. The molecule has 0 radical (unpaired) electrons. The van der Waals surface area contributed by atoms with E-state index in [4.69, 9.17) is 32.7 Å². The first-order valence-corrected chi connectivity index (χ1v) is 12.8. The highest BCUT2D eigenvalue weighted by Crippen LogP contribution is 2.40. The highest BCUT2D eigenvalue weighted by Gasteiger charge is 2.35. The standard InChI is InChI=1S/C26H29Cl2NO5S/c1-26(2,3)10-7-18-14-21(23(35-18)24(30)31)29(15-16-8-11-34-12-9-16)22(25(32)33-4)19-6-5-17(27)13-20(19)28/h5-6,13-14,16,22H,8-9,11-12,15H2,1-4H3,(H,30,31). The number of benzene rings is 1. The van der Waals surface area contributed by atoms with E-state index in [1.807, 2.05) is 20.8 Å². The molecule has 2 heterocycles. The zero-order valence-electron chi connectivity index (χ0n) is 20.2. The molecule has 1 atom stereocenters. The topological polar surface area (TPSA) is 76.1 Å². The molecule has 0 amide bonds. The predicted octanol–water partition coefficient (Wildman–Crippen LogP) is 6.30. The van der Waals surface area contributed by atoms with Crippen LogP contribution in [0.25, 0.3) is 0 Å². The molecule has 0 spiro atoms. The fourth-order valence-electron chi connectivity index (χ4n) is 3.87. The lowest BCUT2D eigenvalue weighted by atomic mass is 9.96. The number of carboxylic acid groups (broad SMARTS) is 1. The van der Waals surface area contributed by atoms with Gasteiger partial charge in [0.05, 0.1) is 17.7 Å². The van der Waals surface area contributed by atoms with Gasteiger partial charge in [-0.25, -0.2) is 9.59 Å². The van der Waals surface area contributed by atoms with Crippen LogP contribution in [0.1, 0.15) is 59.8 Å². The van der Waals surface area contributed by atoms with Crippen molar-refractivity contribution in [3.05, 3.63) is 49.6 Å². The van der Waals surface area contributed by atoms with Crippen LogP contribution in [-0.2, 0) is 14.3 Å². The van der Waals surface area contributed by atoms with E-state index >= 15 is 0 Å². The second-order valence-corrected chi connectivity index (χ2v) is 11.3. The van der Waals surface area contributed by atoms with Gasteiger partial charge >= 0.3 is 11.9 Å². The van der Waals surface area contributed by atoms with E-state index in [1.165, 1.54) is 7.11 Å². The van der Waals surface area contributed by atoms with Crippen molar-refractivity contribution in [2.24, 2.45) is 11.3 Å². The van der Waals surface area contributed by atoms with E-state index < -0.39 is 18.0 Å². The van der Waals surface area contributed by atoms with Crippen LogP contribution in [0.4, 0.5) is 5.69 Å². The van der Waals surface area contributed by atoms with Crippen LogP contribution in [0.2, 0.25) is 10.0 Å². The van der Waals surface area contributed by atoms with Crippen molar-refractivity contribution in [2.75, 3.05) is 31.8 Å². The number of rotatable bonds is 7. The fraction of sp³-hybridized carbons (Fsp3) is 0.462. The molecule has 2 aromatic rings. The largest absolute Gasteiger partial charge is 0.477 e. The summed E-state index contributed by atoms with van der Waals surface area (Å²) >= 11 is 13.7. The maximum absolute atomic E-state index is 13.2. The van der Waals surface area contributed by atoms with Gasteiger partial charge in [-0.1, -0.05) is 41.1 Å². The Morgan fingerprint density at radius 1 is 1.26 bits per heavy atom. The summed E-state index contributed by atoms with van der Waals surface area (Å²) in [7, 11) is 1.30. The van der Waals surface area contributed by atoms with Gasteiger partial charge in [0.25, 0.3) is 0 Å². The third-order valence-electron chi connectivity index (χ3n) is 5.57. The third kappa shape index (κ3) is 7.14. The van der Waals surface area contributed by atoms with Crippen molar-refractivity contribution in [1.82, 2.24) is 0 Å². The van der Waals surface area contributed by atoms with Gasteiger partial charge in [-0.05, 0) is 57.7 Å². The number of hydrogen-bond donors (Lipinski definition) is 1. The monoisotopic (exact) mass is 537 g/mol. The molecule has 1 saturated heterocycles. The summed E-state index contributed by atoms with van der Waals surface area (Å²) in [6, 6.07) is 5.66. The first-order valence-electron chi connectivity index (χ1n) is 11.3. The minimum Gasteiger partial charge on any atom is -0.477 e. The molecule has 35 heavy (non-hydrogen) atoms. The van der Waals surface area contributed by atoms with E-state index in [-0.39, 0.29) is 16.2 Å². The van der Waals surface area contributed by atoms with Gasteiger partial charge in [0.2, 0.25) is 0 Å². The van der Waals surface area contributed by atoms with E-state index in [0.717, 1.165) is 24.2 Å². The lowest BCUT2D eigenvalue weighted by molar-refractivity contribution is -0.142. The van der Waals surface area contributed by atoms with Crippen molar-refractivity contribution < 1.29 is 24.2 Å². The Bertz CT molecular complexity index is 1140. The Kier molecular flexibility index (Phi) is 9.11. The number of carbonyl (C=O) groups is 2. The molecule has 3 rings (SSSR count). The molecule has 1 aromatic carbocycles. The number of aromatic carboxylic acids is 1. The normalized spacial score (nSPS) is 15.1. The Balaban J connectivity index is 2.19. The second-order valence-electron chi connectivity index (χ2n) is 9.43. The van der Waals surface area contributed by atoms with Crippen LogP contribution < -0.4 is 4.90 Å². The number of esters is 1. The van der Waals surface area contributed by atoms with E-state index in [1.54, 1.807) is 29.2 Å².